The smallest absolute Gasteiger partial charge is 0.234 e. The first-order valence-electron chi connectivity index (χ1n) is 8.26. The molecule has 4 aromatic rings. The van der Waals surface area contributed by atoms with E-state index in [-0.39, 0.29) is 17.5 Å². The van der Waals surface area contributed by atoms with E-state index in [1.807, 2.05) is 29.6 Å². The molecule has 140 valence electrons. The molecule has 8 heteroatoms. The van der Waals surface area contributed by atoms with Crippen molar-refractivity contribution in [1.82, 2.24) is 9.97 Å². The zero-order valence-corrected chi connectivity index (χ0v) is 17.6. The van der Waals surface area contributed by atoms with E-state index in [2.05, 4.69) is 31.2 Å². The molecule has 0 radical (unpaired) electrons. The van der Waals surface area contributed by atoms with Crippen LogP contribution in [0.15, 0.2) is 69.7 Å². The number of anilines is 1. The van der Waals surface area contributed by atoms with Crippen LogP contribution in [0.4, 0.5) is 10.1 Å². The van der Waals surface area contributed by atoms with Crippen molar-refractivity contribution in [2.24, 2.45) is 0 Å². The van der Waals surface area contributed by atoms with E-state index in [4.69, 9.17) is 0 Å². The molecule has 2 aromatic carbocycles. The van der Waals surface area contributed by atoms with Crippen LogP contribution in [0, 0.1) is 5.82 Å². The molecule has 28 heavy (non-hydrogen) atoms. The van der Waals surface area contributed by atoms with Gasteiger partial charge in [-0.15, -0.1) is 11.3 Å². The molecule has 0 unspecified atom stereocenters. The first-order valence-corrected chi connectivity index (χ1v) is 10.9. The molecule has 0 aliphatic heterocycles. The molecule has 0 atom stereocenters. The Bertz CT molecular complexity index is 1130. The monoisotopic (exact) mass is 473 g/mol. The van der Waals surface area contributed by atoms with Crippen LogP contribution in [0.3, 0.4) is 0 Å². The van der Waals surface area contributed by atoms with Crippen LogP contribution >= 0.6 is 39.0 Å². The molecule has 4 nitrogen and oxygen atoms in total. The number of carbonyl (C=O) groups excluding carboxylic acids is 1. The van der Waals surface area contributed by atoms with Crippen LogP contribution in [0.25, 0.3) is 21.3 Å². The number of hydrogen-bond donors (Lipinski definition) is 1. The van der Waals surface area contributed by atoms with Gasteiger partial charge in [0.15, 0.2) is 0 Å². The number of carbonyl (C=O) groups is 1. The summed E-state index contributed by atoms with van der Waals surface area (Å²) in [6, 6.07) is 13.7. The van der Waals surface area contributed by atoms with Gasteiger partial charge in [0.25, 0.3) is 0 Å². The van der Waals surface area contributed by atoms with Gasteiger partial charge in [-0.3, -0.25) is 4.79 Å². The molecular formula is C20H13BrFN3OS2. The van der Waals surface area contributed by atoms with E-state index in [0.29, 0.717) is 0 Å². The average molecular weight is 474 g/mol. The third-order valence-corrected chi connectivity index (χ3v) is 6.36. The fourth-order valence-electron chi connectivity index (χ4n) is 2.66. The van der Waals surface area contributed by atoms with Gasteiger partial charge >= 0.3 is 0 Å². The summed E-state index contributed by atoms with van der Waals surface area (Å²) in [5, 5.41) is 6.48. The Balaban J connectivity index is 1.55. The molecule has 2 aromatic heterocycles. The Hall–Kier alpha value is -2.29. The number of rotatable bonds is 5. The van der Waals surface area contributed by atoms with E-state index < -0.39 is 0 Å². The minimum Gasteiger partial charge on any atom is -0.325 e. The predicted molar refractivity (Wildman–Crippen MR) is 116 cm³/mol. The summed E-state index contributed by atoms with van der Waals surface area (Å²) >= 11 is 6.23. The summed E-state index contributed by atoms with van der Waals surface area (Å²) in [5.74, 6) is -0.169. The van der Waals surface area contributed by atoms with Gasteiger partial charge in [0, 0.05) is 21.1 Å². The van der Waals surface area contributed by atoms with Crippen molar-refractivity contribution in [1.29, 1.82) is 0 Å². The van der Waals surface area contributed by atoms with E-state index >= 15 is 0 Å². The highest BCUT2D eigenvalue weighted by molar-refractivity contribution is 9.10. The Labute approximate surface area is 177 Å². The number of fused-ring (bicyclic) bond motifs is 1. The lowest BCUT2D eigenvalue weighted by molar-refractivity contribution is -0.113. The zero-order valence-electron chi connectivity index (χ0n) is 14.4. The van der Waals surface area contributed by atoms with E-state index in [0.717, 1.165) is 36.5 Å². The summed E-state index contributed by atoms with van der Waals surface area (Å²) in [6.45, 7) is 0. The van der Waals surface area contributed by atoms with Gasteiger partial charge in [-0.25, -0.2) is 14.4 Å². The van der Waals surface area contributed by atoms with Crippen LogP contribution < -0.4 is 5.32 Å². The maximum Gasteiger partial charge on any atom is 0.234 e. The Morgan fingerprint density at radius 1 is 1.11 bits per heavy atom. The van der Waals surface area contributed by atoms with Gasteiger partial charge in [0.2, 0.25) is 5.91 Å². The van der Waals surface area contributed by atoms with Gasteiger partial charge < -0.3 is 5.32 Å². The van der Waals surface area contributed by atoms with E-state index in [9.17, 15) is 9.18 Å². The number of aromatic nitrogens is 2. The van der Waals surface area contributed by atoms with E-state index in [1.54, 1.807) is 12.1 Å². The van der Waals surface area contributed by atoms with Crippen molar-refractivity contribution in [3.05, 3.63) is 70.5 Å². The Morgan fingerprint density at radius 2 is 1.86 bits per heavy atom. The average Bonchev–Trinajstić information content (AvgIpc) is 3.13. The van der Waals surface area contributed by atoms with Crippen molar-refractivity contribution in [2.45, 2.75) is 5.03 Å². The Kier molecular flexibility index (Phi) is 5.70. The van der Waals surface area contributed by atoms with Crippen molar-refractivity contribution in [2.75, 3.05) is 11.1 Å². The SMILES string of the molecule is O=C(CSc1ncnc2scc(-c3ccc(F)cc3)c12)Nc1ccc(Br)cc1. The van der Waals surface area contributed by atoms with Crippen LogP contribution in [0.1, 0.15) is 0 Å². The lowest BCUT2D eigenvalue weighted by Crippen LogP contribution is -2.14. The molecule has 1 amide bonds. The maximum atomic E-state index is 13.3. The highest BCUT2D eigenvalue weighted by atomic mass is 79.9. The third-order valence-electron chi connectivity index (χ3n) is 3.96. The standard InChI is InChI=1S/C20H13BrFN3OS2/c21-13-3-7-15(8-4-13)25-17(26)10-28-20-18-16(9-27-19(18)23-11-24-20)12-1-5-14(22)6-2-12/h1-9,11H,10H2,(H,25,26). The number of nitrogens with zero attached hydrogens (tertiary/aromatic N) is 2. The number of halogens is 2. The lowest BCUT2D eigenvalue weighted by atomic mass is 10.1. The third kappa shape index (κ3) is 4.24. The van der Waals surface area contributed by atoms with Crippen molar-refractivity contribution < 1.29 is 9.18 Å². The summed E-state index contributed by atoms with van der Waals surface area (Å²) in [7, 11) is 0. The van der Waals surface area contributed by atoms with Gasteiger partial charge in [-0.05, 0) is 42.0 Å². The summed E-state index contributed by atoms with van der Waals surface area (Å²) < 4.78 is 14.2. The molecular weight excluding hydrogens is 461 g/mol. The van der Waals surface area contributed by atoms with Crippen molar-refractivity contribution >= 4 is 60.8 Å². The fourth-order valence-corrected chi connectivity index (χ4v) is 4.72. The number of thioether (sulfide) groups is 1. The molecule has 0 bridgehead atoms. The maximum absolute atomic E-state index is 13.3. The van der Waals surface area contributed by atoms with Gasteiger partial charge in [0.1, 0.15) is 22.0 Å². The second-order valence-electron chi connectivity index (χ2n) is 5.86. The minimum atomic E-state index is -0.279. The zero-order chi connectivity index (χ0) is 19.5. The van der Waals surface area contributed by atoms with E-state index in [1.165, 1.54) is 41.6 Å². The number of thiophene rings is 1. The molecule has 0 fully saturated rings. The summed E-state index contributed by atoms with van der Waals surface area (Å²) in [4.78, 5) is 21.8. The molecule has 0 saturated carbocycles. The topological polar surface area (TPSA) is 54.9 Å². The first kappa shape index (κ1) is 19.0. The molecule has 0 aliphatic carbocycles. The van der Waals surface area contributed by atoms with Crippen molar-refractivity contribution in [3.63, 3.8) is 0 Å². The summed E-state index contributed by atoms with van der Waals surface area (Å²) in [5.41, 5.74) is 2.57. The minimum absolute atomic E-state index is 0.113. The quantitative estimate of drug-likeness (QED) is 0.285. The van der Waals surface area contributed by atoms with Crippen LogP contribution in [-0.2, 0) is 4.79 Å². The highest BCUT2D eigenvalue weighted by Crippen LogP contribution is 2.37. The second kappa shape index (κ2) is 8.38. The van der Waals surface area contributed by atoms with Gasteiger partial charge in [0.05, 0.1) is 11.1 Å². The molecule has 4 rings (SSSR count). The molecule has 0 aliphatic rings. The lowest BCUT2D eigenvalue weighted by Gasteiger charge is -2.07. The van der Waals surface area contributed by atoms with Crippen LogP contribution in [-0.4, -0.2) is 21.6 Å². The number of amides is 1. The molecule has 0 saturated heterocycles. The highest BCUT2D eigenvalue weighted by Gasteiger charge is 2.15. The molecule has 0 spiro atoms. The largest absolute Gasteiger partial charge is 0.325 e. The van der Waals surface area contributed by atoms with Gasteiger partial charge in [-0.1, -0.05) is 39.8 Å². The number of hydrogen-bond acceptors (Lipinski definition) is 5. The first-order chi connectivity index (χ1) is 13.6. The Morgan fingerprint density at radius 3 is 2.61 bits per heavy atom. The summed E-state index contributed by atoms with van der Waals surface area (Å²) in [6.07, 6.45) is 1.50. The second-order valence-corrected chi connectivity index (χ2v) is 8.60. The van der Waals surface area contributed by atoms with Gasteiger partial charge in [-0.2, -0.15) is 0 Å². The number of benzene rings is 2. The predicted octanol–water partition coefficient (Wildman–Crippen LogP) is 5.99. The molecule has 2 heterocycles. The molecule has 1 N–H and O–H groups in total. The number of nitrogens with one attached hydrogen (secondary N) is 1. The normalized spacial score (nSPS) is 10.9. The fraction of sp³-hybridized carbons (Fsp3) is 0.0500. The van der Waals surface area contributed by atoms with Crippen LogP contribution in [0.2, 0.25) is 0 Å². The van der Waals surface area contributed by atoms with Crippen molar-refractivity contribution in [3.8, 4) is 11.1 Å². The van der Waals surface area contributed by atoms with Crippen LogP contribution in [0.5, 0.6) is 0 Å².